The average Bonchev–Trinajstić information content (AvgIpc) is 2.44. The number of hydrogen-bond acceptors (Lipinski definition) is 3. The van der Waals surface area contributed by atoms with E-state index in [-0.39, 0.29) is 11.7 Å². The van der Waals surface area contributed by atoms with Crippen molar-refractivity contribution in [1.29, 1.82) is 0 Å². The summed E-state index contributed by atoms with van der Waals surface area (Å²) in [6.07, 6.45) is 3.48. The maximum atomic E-state index is 12.1. The zero-order chi connectivity index (χ0) is 14.5. The summed E-state index contributed by atoms with van der Waals surface area (Å²) in [5, 5.41) is 12.6. The van der Waals surface area contributed by atoms with E-state index in [0.29, 0.717) is 17.7 Å². The first-order valence-electron chi connectivity index (χ1n) is 7.33. The van der Waals surface area contributed by atoms with Crippen LogP contribution in [0.25, 0.3) is 0 Å². The van der Waals surface area contributed by atoms with Gasteiger partial charge in [0.1, 0.15) is 5.75 Å². The van der Waals surface area contributed by atoms with Gasteiger partial charge in [0.25, 0.3) is 5.91 Å². The second kappa shape index (κ2) is 6.75. The summed E-state index contributed by atoms with van der Waals surface area (Å²) < 4.78 is 0. The number of nitrogens with one attached hydrogen (secondary N) is 1. The number of hydrogen-bond donors (Lipinski definition) is 2. The summed E-state index contributed by atoms with van der Waals surface area (Å²) in [5.74, 6) is 0.802. The number of nitrogens with zero attached hydrogens (tertiary/aromatic N) is 1. The number of rotatable bonds is 4. The fraction of sp³-hybridized carbons (Fsp3) is 0.562. The molecule has 0 bridgehead atoms. The van der Waals surface area contributed by atoms with Crippen LogP contribution in [0.4, 0.5) is 0 Å². The van der Waals surface area contributed by atoms with Crippen molar-refractivity contribution in [3.8, 4) is 5.75 Å². The van der Waals surface area contributed by atoms with Gasteiger partial charge in [0.15, 0.2) is 0 Å². The van der Waals surface area contributed by atoms with Crippen molar-refractivity contribution >= 4 is 5.91 Å². The first kappa shape index (κ1) is 14.9. The van der Waals surface area contributed by atoms with E-state index >= 15 is 0 Å². The van der Waals surface area contributed by atoms with Crippen LogP contribution in [-0.2, 0) is 0 Å². The number of phenols is 1. The van der Waals surface area contributed by atoms with Gasteiger partial charge in [-0.15, -0.1) is 0 Å². The zero-order valence-electron chi connectivity index (χ0n) is 12.4. The molecule has 1 aromatic carbocycles. The number of benzene rings is 1. The molecule has 2 rings (SSSR count). The minimum Gasteiger partial charge on any atom is -0.508 e. The van der Waals surface area contributed by atoms with E-state index in [2.05, 4.69) is 17.3 Å². The average molecular weight is 276 g/mol. The fourth-order valence-corrected chi connectivity index (χ4v) is 2.71. The van der Waals surface area contributed by atoms with Gasteiger partial charge in [-0.25, -0.2) is 0 Å². The van der Waals surface area contributed by atoms with E-state index in [9.17, 15) is 9.90 Å². The van der Waals surface area contributed by atoms with E-state index in [1.807, 2.05) is 0 Å². The monoisotopic (exact) mass is 276 g/mol. The molecule has 0 saturated carbocycles. The lowest BCUT2D eigenvalue weighted by atomic mass is 9.94. The van der Waals surface area contributed by atoms with Crippen molar-refractivity contribution in [2.75, 3.05) is 26.7 Å². The highest BCUT2D eigenvalue weighted by atomic mass is 16.3. The van der Waals surface area contributed by atoms with Gasteiger partial charge in [0.05, 0.1) is 0 Å². The highest BCUT2D eigenvalue weighted by Crippen LogP contribution is 2.20. The summed E-state index contributed by atoms with van der Waals surface area (Å²) in [4.78, 5) is 14.4. The van der Waals surface area contributed by atoms with Crippen LogP contribution < -0.4 is 5.32 Å². The van der Waals surface area contributed by atoms with Gasteiger partial charge in [0.2, 0.25) is 0 Å². The molecule has 1 aliphatic rings. The van der Waals surface area contributed by atoms with E-state index in [0.717, 1.165) is 25.4 Å². The van der Waals surface area contributed by atoms with Crippen LogP contribution in [0.15, 0.2) is 18.2 Å². The molecule has 0 aliphatic carbocycles. The molecule has 1 fully saturated rings. The van der Waals surface area contributed by atoms with Gasteiger partial charge in [-0.3, -0.25) is 4.79 Å². The van der Waals surface area contributed by atoms with Crippen LogP contribution in [0.2, 0.25) is 0 Å². The molecule has 4 nitrogen and oxygen atoms in total. The lowest BCUT2D eigenvalue weighted by Crippen LogP contribution is -2.32. The quantitative estimate of drug-likeness (QED) is 0.886. The lowest BCUT2D eigenvalue weighted by molar-refractivity contribution is 0.0948. The van der Waals surface area contributed by atoms with Gasteiger partial charge in [-0.2, -0.15) is 0 Å². The molecule has 20 heavy (non-hydrogen) atoms. The van der Waals surface area contributed by atoms with Crippen LogP contribution in [-0.4, -0.2) is 42.6 Å². The Morgan fingerprint density at radius 3 is 2.80 bits per heavy atom. The van der Waals surface area contributed by atoms with Crippen LogP contribution >= 0.6 is 0 Å². The number of phenolic OH excluding ortho intramolecular Hbond substituents is 1. The summed E-state index contributed by atoms with van der Waals surface area (Å²) >= 11 is 0. The number of aromatic hydroxyl groups is 1. The number of carbonyl (C=O) groups excluding carboxylic acids is 1. The first-order chi connectivity index (χ1) is 9.58. The van der Waals surface area contributed by atoms with E-state index in [1.165, 1.54) is 12.8 Å². The number of amides is 1. The van der Waals surface area contributed by atoms with Crippen molar-refractivity contribution < 1.29 is 9.90 Å². The predicted molar refractivity (Wildman–Crippen MR) is 80.0 cm³/mol. The van der Waals surface area contributed by atoms with Crippen molar-refractivity contribution in [1.82, 2.24) is 10.2 Å². The second-order valence-corrected chi connectivity index (χ2v) is 5.74. The van der Waals surface area contributed by atoms with Gasteiger partial charge >= 0.3 is 0 Å². The summed E-state index contributed by atoms with van der Waals surface area (Å²) in [6, 6.07) is 5.05. The van der Waals surface area contributed by atoms with Crippen LogP contribution in [0.3, 0.4) is 0 Å². The smallest absolute Gasteiger partial charge is 0.251 e. The van der Waals surface area contributed by atoms with Crippen LogP contribution in [0.1, 0.15) is 35.2 Å². The topological polar surface area (TPSA) is 52.6 Å². The van der Waals surface area contributed by atoms with Gasteiger partial charge in [0, 0.05) is 17.7 Å². The Morgan fingerprint density at radius 2 is 2.10 bits per heavy atom. The molecule has 0 radical (unpaired) electrons. The Balaban J connectivity index is 1.79. The Bertz CT molecular complexity index is 466. The molecule has 4 heteroatoms. The molecular formula is C16H24N2O2. The molecule has 0 spiro atoms. The third kappa shape index (κ3) is 3.73. The second-order valence-electron chi connectivity index (χ2n) is 5.74. The first-order valence-corrected chi connectivity index (χ1v) is 7.33. The summed E-state index contributed by atoms with van der Waals surface area (Å²) in [5.41, 5.74) is 1.21. The Hall–Kier alpha value is -1.55. The molecule has 1 aromatic rings. The number of likely N-dealkylation sites (tertiary alicyclic amines) is 1. The normalized spacial score (nSPS) is 17.1. The largest absolute Gasteiger partial charge is 0.508 e. The van der Waals surface area contributed by atoms with E-state index in [4.69, 9.17) is 0 Å². The molecular weight excluding hydrogens is 252 g/mol. The maximum absolute atomic E-state index is 12.1. The van der Waals surface area contributed by atoms with Crippen molar-refractivity contribution in [2.45, 2.75) is 26.2 Å². The van der Waals surface area contributed by atoms with Gasteiger partial charge in [-0.05, 0) is 64.4 Å². The summed E-state index contributed by atoms with van der Waals surface area (Å²) in [6.45, 7) is 4.79. The Morgan fingerprint density at radius 1 is 1.40 bits per heavy atom. The summed E-state index contributed by atoms with van der Waals surface area (Å²) in [7, 11) is 2.16. The minimum absolute atomic E-state index is 0.0914. The highest BCUT2D eigenvalue weighted by molar-refractivity contribution is 5.96. The fourth-order valence-electron chi connectivity index (χ4n) is 2.71. The van der Waals surface area contributed by atoms with Gasteiger partial charge in [-0.1, -0.05) is 6.07 Å². The Kier molecular flexibility index (Phi) is 5.01. The van der Waals surface area contributed by atoms with Crippen molar-refractivity contribution in [3.63, 3.8) is 0 Å². The minimum atomic E-state index is -0.0914. The highest BCUT2D eigenvalue weighted by Gasteiger charge is 2.17. The molecule has 0 atom stereocenters. The molecule has 0 aromatic heterocycles. The van der Waals surface area contributed by atoms with E-state index in [1.54, 1.807) is 25.1 Å². The Labute approximate surface area is 120 Å². The predicted octanol–water partition coefficient (Wildman–Crippen LogP) is 2.16. The SMILES string of the molecule is Cc1c(O)cccc1C(=O)NCCC1CCN(C)CC1. The maximum Gasteiger partial charge on any atom is 0.251 e. The molecule has 1 amide bonds. The molecule has 1 saturated heterocycles. The third-order valence-corrected chi connectivity index (χ3v) is 4.23. The zero-order valence-corrected chi connectivity index (χ0v) is 12.4. The molecule has 110 valence electrons. The molecule has 1 aliphatic heterocycles. The number of carbonyl (C=O) groups is 1. The molecule has 1 heterocycles. The van der Waals surface area contributed by atoms with Crippen molar-refractivity contribution in [2.24, 2.45) is 5.92 Å². The number of piperidine rings is 1. The van der Waals surface area contributed by atoms with Gasteiger partial charge < -0.3 is 15.3 Å². The standard InChI is InChI=1S/C16H24N2O2/c1-12-14(4-3-5-15(12)19)16(20)17-9-6-13-7-10-18(2)11-8-13/h3-5,13,19H,6-11H2,1-2H3,(H,17,20). The molecule has 0 unspecified atom stereocenters. The van der Waals surface area contributed by atoms with E-state index < -0.39 is 0 Å². The van der Waals surface area contributed by atoms with Crippen LogP contribution in [0.5, 0.6) is 5.75 Å². The lowest BCUT2D eigenvalue weighted by Gasteiger charge is -2.28. The van der Waals surface area contributed by atoms with Crippen molar-refractivity contribution in [3.05, 3.63) is 29.3 Å². The van der Waals surface area contributed by atoms with Crippen LogP contribution in [0, 0.1) is 12.8 Å². The molecule has 2 N–H and O–H groups in total. The third-order valence-electron chi connectivity index (χ3n) is 4.23.